The van der Waals surface area contributed by atoms with E-state index in [1.807, 2.05) is 0 Å². The van der Waals surface area contributed by atoms with Crippen LogP contribution in [0.5, 0.6) is 0 Å². The Bertz CT molecular complexity index is 721. The minimum Gasteiger partial charge on any atom is -0.313 e. The molecule has 0 aliphatic carbocycles. The Labute approximate surface area is 124 Å². The fraction of sp³-hybridized carbons (Fsp3) is 0.267. The average molecular weight is 310 g/mol. The molecule has 22 heavy (non-hydrogen) atoms. The molecule has 0 aliphatic rings. The zero-order valence-corrected chi connectivity index (χ0v) is 11.6. The van der Waals surface area contributed by atoms with Gasteiger partial charge in [0.2, 0.25) is 0 Å². The first-order valence-electron chi connectivity index (χ1n) is 6.52. The fourth-order valence-electron chi connectivity index (χ4n) is 2.02. The molecule has 116 valence electrons. The van der Waals surface area contributed by atoms with Crippen LogP contribution < -0.4 is 5.56 Å². The number of alkyl halides is 3. The van der Waals surface area contributed by atoms with Gasteiger partial charge in [-0.15, -0.1) is 0 Å². The number of hydrogen-bond acceptors (Lipinski definition) is 3. The first-order chi connectivity index (χ1) is 10.3. The van der Waals surface area contributed by atoms with Crippen molar-refractivity contribution in [2.24, 2.45) is 0 Å². The molecule has 0 aliphatic heterocycles. The van der Waals surface area contributed by atoms with E-state index in [1.54, 1.807) is 6.92 Å². The van der Waals surface area contributed by atoms with Crippen molar-refractivity contribution >= 4 is 5.78 Å². The molecule has 2 rings (SSSR count). The van der Waals surface area contributed by atoms with Crippen molar-refractivity contribution in [3.8, 4) is 0 Å². The van der Waals surface area contributed by atoms with Crippen molar-refractivity contribution < 1.29 is 18.0 Å². The topological polar surface area (TPSA) is 62.8 Å². The molecule has 0 spiro atoms. The number of nitrogens with one attached hydrogen (secondary N) is 1. The number of hydrogen-bond donors (Lipinski definition) is 1. The summed E-state index contributed by atoms with van der Waals surface area (Å²) in [7, 11) is 0. The van der Waals surface area contributed by atoms with Crippen LogP contribution in [0.25, 0.3) is 0 Å². The van der Waals surface area contributed by atoms with Crippen LogP contribution in [-0.2, 0) is 6.18 Å². The first kappa shape index (κ1) is 15.9. The van der Waals surface area contributed by atoms with Gasteiger partial charge in [0.1, 0.15) is 5.69 Å². The monoisotopic (exact) mass is 310 g/mol. The second-order valence-corrected chi connectivity index (χ2v) is 4.94. The number of halogens is 3. The molecule has 0 saturated carbocycles. The van der Waals surface area contributed by atoms with E-state index in [1.165, 1.54) is 12.1 Å². The Morgan fingerprint density at radius 3 is 2.45 bits per heavy atom. The highest BCUT2D eigenvalue weighted by atomic mass is 19.4. The number of aromatic amines is 1. The van der Waals surface area contributed by atoms with Crippen molar-refractivity contribution in [3.63, 3.8) is 0 Å². The number of rotatable bonds is 4. The summed E-state index contributed by atoms with van der Waals surface area (Å²) in [6.07, 6.45) is -3.19. The number of H-pyrrole nitrogens is 1. The summed E-state index contributed by atoms with van der Waals surface area (Å²) in [5, 5.41) is 0. The lowest BCUT2D eigenvalue weighted by Crippen LogP contribution is -2.13. The van der Waals surface area contributed by atoms with E-state index in [4.69, 9.17) is 0 Å². The molecule has 1 atom stereocenters. The second kappa shape index (κ2) is 6.13. The highest BCUT2D eigenvalue weighted by Crippen LogP contribution is 2.30. The van der Waals surface area contributed by atoms with Crippen LogP contribution >= 0.6 is 0 Å². The molecule has 0 saturated heterocycles. The summed E-state index contributed by atoms with van der Waals surface area (Å²) < 4.78 is 37.5. The highest BCUT2D eigenvalue weighted by Gasteiger charge is 2.30. The molecule has 0 bridgehead atoms. The number of nitrogens with zero attached hydrogens (tertiary/aromatic N) is 1. The Hall–Kier alpha value is -2.44. The quantitative estimate of drug-likeness (QED) is 0.882. The van der Waals surface area contributed by atoms with Gasteiger partial charge in [-0.1, -0.05) is 19.1 Å². The molecule has 7 heteroatoms. The molecule has 1 heterocycles. The van der Waals surface area contributed by atoms with Crippen molar-refractivity contribution in [3.05, 3.63) is 63.8 Å². The molecule has 1 aromatic heterocycles. The number of ketones is 1. The molecule has 1 aromatic carbocycles. The Kier molecular flexibility index (Phi) is 4.44. The van der Waals surface area contributed by atoms with E-state index >= 15 is 0 Å². The van der Waals surface area contributed by atoms with Crippen LogP contribution in [-0.4, -0.2) is 15.8 Å². The minimum absolute atomic E-state index is 0.0440. The number of aromatic nitrogens is 2. The average Bonchev–Trinajstić information content (AvgIpc) is 2.46. The lowest BCUT2D eigenvalue weighted by molar-refractivity contribution is -0.137. The van der Waals surface area contributed by atoms with Gasteiger partial charge in [0, 0.05) is 12.5 Å². The van der Waals surface area contributed by atoms with Gasteiger partial charge in [-0.3, -0.25) is 9.59 Å². The molecule has 0 unspecified atom stereocenters. The summed E-state index contributed by atoms with van der Waals surface area (Å²) in [6, 6.07) is 5.78. The van der Waals surface area contributed by atoms with E-state index in [0.29, 0.717) is 5.56 Å². The third-order valence-corrected chi connectivity index (χ3v) is 3.26. The molecule has 2 aromatic rings. The SMILES string of the molecule is C[C@@H](CC(=O)c1cc(=O)[nH]cn1)c1ccc(C(F)(F)F)cc1. The lowest BCUT2D eigenvalue weighted by Gasteiger charge is -2.12. The normalized spacial score (nSPS) is 12.9. The third-order valence-electron chi connectivity index (χ3n) is 3.26. The maximum atomic E-state index is 12.5. The van der Waals surface area contributed by atoms with E-state index in [2.05, 4.69) is 9.97 Å². The van der Waals surface area contributed by atoms with Gasteiger partial charge < -0.3 is 4.98 Å². The minimum atomic E-state index is -4.38. The largest absolute Gasteiger partial charge is 0.416 e. The summed E-state index contributed by atoms with van der Waals surface area (Å²) in [5.41, 5.74) is -0.500. The predicted molar refractivity (Wildman–Crippen MR) is 73.7 cm³/mol. The maximum absolute atomic E-state index is 12.5. The van der Waals surface area contributed by atoms with Gasteiger partial charge in [0.25, 0.3) is 5.56 Å². The molecular formula is C15H13F3N2O2. The maximum Gasteiger partial charge on any atom is 0.416 e. The molecule has 0 fully saturated rings. The Balaban J connectivity index is 2.10. The van der Waals surface area contributed by atoms with Gasteiger partial charge in [-0.05, 0) is 23.6 Å². The van der Waals surface area contributed by atoms with Crippen molar-refractivity contribution in [1.82, 2.24) is 9.97 Å². The van der Waals surface area contributed by atoms with E-state index in [0.717, 1.165) is 24.5 Å². The van der Waals surface area contributed by atoms with Crippen LogP contribution in [0.15, 0.2) is 41.5 Å². The van der Waals surface area contributed by atoms with Crippen LogP contribution in [0.4, 0.5) is 13.2 Å². The molecule has 0 radical (unpaired) electrons. The van der Waals surface area contributed by atoms with Gasteiger partial charge in [-0.25, -0.2) is 4.98 Å². The summed E-state index contributed by atoms with van der Waals surface area (Å²) in [4.78, 5) is 29.2. The first-order valence-corrected chi connectivity index (χ1v) is 6.52. The predicted octanol–water partition coefficient (Wildman–Crippen LogP) is 3.17. The fourth-order valence-corrected chi connectivity index (χ4v) is 2.02. The summed E-state index contributed by atoms with van der Waals surface area (Å²) >= 11 is 0. The molecule has 4 nitrogen and oxygen atoms in total. The molecule has 0 amide bonds. The van der Waals surface area contributed by atoms with Crippen LogP contribution in [0.2, 0.25) is 0 Å². The molecular weight excluding hydrogens is 297 g/mol. The van der Waals surface area contributed by atoms with Crippen molar-refractivity contribution in [2.45, 2.75) is 25.4 Å². The highest BCUT2D eigenvalue weighted by molar-refractivity contribution is 5.94. The smallest absolute Gasteiger partial charge is 0.313 e. The summed E-state index contributed by atoms with van der Waals surface area (Å²) in [6.45, 7) is 1.73. The number of carbonyl (C=O) groups is 1. The summed E-state index contributed by atoms with van der Waals surface area (Å²) in [5.74, 6) is -0.616. The zero-order valence-electron chi connectivity index (χ0n) is 11.6. The third kappa shape index (κ3) is 3.81. The van der Waals surface area contributed by atoms with E-state index in [9.17, 15) is 22.8 Å². The number of carbonyl (C=O) groups excluding carboxylic acids is 1. The number of benzene rings is 1. The van der Waals surface area contributed by atoms with E-state index < -0.39 is 17.3 Å². The van der Waals surface area contributed by atoms with Gasteiger partial charge in [-0.2, -0.15) is 13.2 Å². The van der Waals surface area contributed by atoms with Crippen LogP contribution in [0, 0.1) is 0 Å². The van der Waals surface area contributed by atoms with Crippen LogP contribution in [0.3, 0.4) is 0 Å². The number of Topliss-reactive ketones (excluding diaryl/α,β-unsaturated/α-hetero) is 1. The lowest BCUT2D eigenvalue weighted by atomic mass is 9.94. The van der Waals surface area contributed by atoms with Gasteiger partial charge in [0.15, 0.2) is 5.78 Å². The standard InChI is InChI=1S/C15H13F3N2O2/c1-9(6-13(21)12-7-14(22)20-8-19-12)10-2-4-11(5-3-10)15(16,17)18/h2-5,7-9H,6H2,1H3,(H,19,20,22)/t9-/m0/s1. The van der Waals surface area contributed by atoms with Crippen LogP contribution in [0.1, 0.15) is 40.9 Å². The van der Waals surface area contributed by atoms with Crippen molar-refractivity contribution in [2.75, 3.05) is 0 Å². The Morgan fingerprint density at radius 1 is 1.27 bits per heavy atom. The second-order valence-electron chi connectivity index (χ2n) is 4.94. The van der Waals surface area contributed by atoms with E-state index in [-0.39, 0.29) is 23.8 Å². The zero-order chi connectivity index (χ0) is 16.3. The Morgan fingerprint density at radius 2 is 1.91 bits per heavy atom. The van der Waals surface area contributed by atoms with Crippen molar-refractivity contribution in [1.29, 1.82) is 0 Å². The van der Waals surface area contributed by atoms with Gasteiger partial charge in [0.05, 0.1) is 11.9 Å². The molecule has 1 N–H and O–H groups in total. The van der Waals surface area contributed by atoms with Gasteiger partial charge >= 0.3 is 6.18 Å².